The second kappa shape index (κ2) is 6.60. The lowest BCUT2D eigenvalue weighted by atomic mass is 10.3. The van der Waals surface area contributed by atoms with Crippen LogP contribution in [0.1, 0.15) is 6.92 Å². The minimum Gasteiger partial charge on any atom is -0.370 e. The van der Waals surface area contributed by atoms with Crippen molar-refractivity contribution in [2.45, 2.75) is 6.92 Å². The van der Waals surface area contributed by atoms with Crippen LogP contribution in [0.4, 0.5) is 23.0 Å². The molecule has 2 rings (SSSR count). The number of nitro groups is 1. The van der Waals surface area contributed by atoms with E-state index >= 15 is 0 Å². The summed E-state index contributed by atoms with van der Waals surface area (Å²) in [5.74, 6) is 0.688. The number of benzene rings is 1. The summed E-state index contributed by atoms with van der Waals surface area (Å²) >= 11 is 12.1. The molecule has 0 bridgehead atoms. The van der Waals surface area contributed by atoms with Crippen molar-refractivity contribution in [2.24, 2.45) is 0 Å². The third kappa shape index (κ3) is 3.74. The van der Waals surface area contributed by atoms with E-state index in [0.29, 0.717) is 28.1 Å². The predicted octanol–water partition coefficient (Wildman–Crippen LogP) is 4.47. The van der Waals surface area contributed by atoms with Gasteiger partial charge < -0.3 is 10.6 Å². The second-order valence-electron chi connectivity index (χ2n) is 4.10. The Kier molecular flexibility index (Phi) is 4.82. The second-order valence-corrected chi connectivity index (χ2v) is 4.92. The Morgan fingerprint density at radius 1 is 1.24 bits per heavy atom. The molecule has 0 aliphatic heterocycles. The number of hydrogen-bond acceptors (Lipinski definition) is 5. The predicted molar refractivity (Wildman–Crippen MR) is 84.8 cm³/mol. The molecule has 0 aliphatic carbocycles. The maximum absolute atomic E-state index is 11.0. The molecule has 0 aliphatic rings. The number of rotatable bonds is 5. The number of halogens is 2. The third-order valence-corrected chi connectivity index (χ3v) is 3.22. The van der Waals surface area contributed by atoms with E-state index in [1.807, 2.05) is 6.92 Å². The zero-order valence-corrected chi connectivity index (χ0v) is 12.6. The molecule has 0 saturated heterocycles. The minimum atomic E-state index is -0.484. The van der Waals surface area contributed by atoms with Gasteiger partial charge in [0.2, 0.25) is 0 Å². The van der Waals surface area contributed by atoms with Crippen molar-refractivity contribution in [3.8, 4) is 0 Å². The first-order valence-electron chi connectivity index (χ1n) is 6.12. The SMILES string of the molecule is CCNc1cc([N+](=O)[O-])cc(Nc2c(Cl)cccc2Cl)n1. The number of nitrogens with one attached hydrogen (secondary N) is 2. The highest BCUT2D eigenvalue weighted by Gasteiger charge is 2.13. The van der Waals surface area contributed by atoms with Gasteiger partial charge >= 0.3 is 0 Å². The average Bonchev–Trinajstić information content (AvgIpc) is 2.43. The summed E-state index contributed by atoms with van der Waals surface area (Å²) < 4.78 is 0. The standard InChI is InChI=1S/C13H12Cl2N4O2/c1-2-16-11-6-8(19(20)21)7-12(17-11)18-13-9(14)4-3-5-10(13)15/h3-7H,2H2,1H3,(H2,16,17,18). The molecule has 21 heavy (non-hydrogen) atoms. The van der Waals surface area contributed by atoms with Crippen LogP contribution < -0.4 is 10.6 Å². The molecule has 0 radical (unpaired) electrons. The molecular formula is C13H12Cl2N4O2. The van der Waals surface area contributed by atoms with Crippen LogP contribution in [0, 0.1) is 10.1 Å². The zero-order chi connectivity index (χ0) is 15.4. The summed E-state index contributed by atoms with van der Waals surface area (Å²) in [6, 6.07) is 7.72. The van der Waals surface area contributed by atoms with Crippen molar-refractivity contribution >= 4 is 46.2 Å². The molecule has 1 aromatic heterocycles. The van der Waals surface area contributed by atoms with E-state index in [2.05, 4.69) is 15.6 Å². The molecule has 0 fully saturated rings. The molecule has 0 saturated carbocycles. The number of anilines is 3. The summed E-state index contributed by atoms with van der Waals surface area (Å²) in [5, 5.41) is 17.6. The van der Waals surface area contributed by atoms with Crippen molar-refractivity contribution in [1.82, 2.24) is 4.98 Å². The van der Waals surface area contributed by atoms with Gasteiger partial charge in [0.1, 0.15) is 11.6 Å². The first-order valence-corrected chi connectivity index (χ1v) is 6.88. The van der Waals surface area contributed by atoms with Crippen molar-refractivity contribution in [2.75, 3.05) is 17.2 Å². The van der Waals surface area contributed by atoms with Crippen molar-refractivity contribution in [3.63, 3.8) is 0 Å². The lowest BCUT2D eigenvalue weighted by Crippen LogP contribution is -2.03. The number of aromatic nitrogens is 1. The van der Waals surface area contributed by atoms with Crippen molar-refractivity contribution < 1.29 is 4.92 Å². The topological polar surface area (TPSA) is 80.1 Å². The van der Waals surface area contributed by atoms with Crippen LogP contribution in [0.3, 0.4) is 0 Å². The van der Waals surface area contributed by atoms with Crippen LogP contribution in [0.25, 0.3) is 0 Å². The van der Waals surface area contributed by atoms with E-state index in [0.717, 1.165) is 0 Å². The van der Waals surface area contributed by atoms with E-state index < -0.39 is 4.92 Å². The monoisotopic (exact) mass is 326 g/mol. The minimum absolute atomic E-state index is 0.0772. The van der Waals surface area contributed by atoms with Crippen molar-refractivity contribution in [3.05, 3.63) is 50.5 Å². The molecule has 2 N–H and O–H groups in total. The highest BCUT2D eigenvalue weighted by molar-refractivity contribution is 6.39. The number of hydrogen-bond donors (Lipinski definition) is 2. The lowest BCUT2D eigenvalue weighted by Gasteiger charge is -2.11. The van der Waals surface area contributed by atoms with Gasteiger partial charge in [-0.15, -0.1) is 0 Å². The molecule has 0 atom stereocenters. The lowest BCUT2D eigenvalue weighted by molar-refractivity contribution is -0.384. The maximum atomic E-state index is 11.0. The van der Waals surface area contributed by atoms with E-state index in [4.69, 9.17) is 23.2 Å². The van der Waals surface area contributed by atoms with Gasteiger partial charge in [-0.25, -0.2) is 4.98 Å². The number of nitrogens with zero attached hydrogens (tertiary/aromatic N) is 2. The first kappa shape index (κ1) is 15.3. The summed E-state index contributed by atoms with van der Waals surface area (Å²) in [5.41, 5.74) is 0.378. The van der Waals surface area contributed by atoms with Gasteiger partial charge in [0.05, 0.1) is 32.8 Å². The Balaban J connectivity index is 2.41. The Morgan fingerprint density at radius 2 is 1.86 bits per heavy atom. The molecule has 6 nitrogen and oxygen atoms in total. The Hall–Kier alpha value is -2.05. The quantitative estimate of drug-likeness (QED) is 0.625. The molecule has 1 heterocycles. The van der Waals surface area contributed by atoms with Crippen LogP contribution in [0.2, 0.25) is 10.0 Å². The molecule has 1 aromatic carbocycles. The Morgan fingerprint density at radius 3 is 2.43 bits per heavy atom. The van der Waals surface area contributed by atoms with E-state index in [1.54, 1.807) is 18.2 Å². The number of para-hydroxylation sites is 1. The molecular weight excluding hydrogens is 315 g/mol. The summed E-state index contributed by atoms with van der Waals surface area (Å²) in [6.45, 7) is 2.47. The molecule has 8 heteroatoms. The van der Waals surface area contributed by atoms with Gasteiger partial charge in [-0.05, 0) is 19.1 Å². The summed E-state index contributed by atoms with van der Waals surface area (Å²) in [6.07, 6.45) is 0. The average molecular weight is 327 g/mol. The Labute approximate surface area is 131 Å². The Bertz CT molecular complexity index is 659. The largest absolute Gasteiger partial charge is 0.370 e. The first-order chi connectivity index (χ1) is 10.0. The highest BCUT2D eigenvalue weighted by atomic mass is 35.5. The van der Waals surface area contributed by atoms with Crippen molar-refractivity contribution in [1.29, 1.82) is 0 Å². The fraction of sp³-hybridized carbons (Fsp3) is 0.154. The molecule has 2 aromatic rings. The van der Waals surface area contributed by atoms with E-state index in [-0.39, 0.29) is 11.5 Å². The van der Waals surface area contributed by atoms with Gasteiger partial charge in [-0.3, -0.25) is 10.1 Å². The van der Waals surface area contributed by atoms with Crippen LogP contribution in [0.5, 0.6) is 0 Å². The molecule has 110 valence electrons. The molecule has 0 unspecified atom stereocenters. The van der Waals surface area contributed by atoms with Crippen LogP contribution in [-0.2, 0) is 0 Å². The normalized spacial score (nSPS) is 10.2. The van der Waals surface area contributed by atoms with Crippen LogP contribution in [-0.4, -0.2) is 16.5 Å². The number of pyridine rings is 1. The van der Waals surface area contributed by atoms with Gasteiger partial charge in [0.25, 0.3) is 5.69 Å². The van der Waals surface area contributed by atoms with Crippen LogP contribution in [0.15, 0.2) is 30.3 Å². The molecule has 0 amide bonds. The third-order valence-electron chi connectivity index (χ3n) is 2.59. The summed E-state index contributed by atoms with van der Waals surface area (Å²) in [4.78, 5) is 14.7. The smallest absolute Gasteiger partial charge is 0.276 e. The zero-order valence-electron chi connectivity index (χ0n) is 11.1. The van der Waals surface area contributed by atoms with Gasteiger partial charge in [0.15, 0.2) is 0 Å². The van der Waals surface area contributed by atoms with E-state index in [1.165, 1.54) is 12.1 Å². The molecule has 0 spiro atoms. The van der Waals surface area contributed by atoms with Gasteiger partial charge in [-0.2, -0.15) is 0 Å². The maximum Gasteiger partial charge on any atom is 0.276 e. The summed E-state index contributed by atoms with van der Waals surface area (Å²) in [7, 11) is 0. The fourth-order valence-electron chi connectivity index (χ4n) is 1.70. The fourth-order valence-corrected chi connectivity index (χ4v) is 2.19. The van der Waals surface area contributed by atoms with Gasteiger partial charge in [-0.1, -0.05) is 29.3 Å². The van der Waals surface area contributed by atoms with Crippen LogP contribution >= 0.6 is 23.2 Å². The van der Waals surface area contributed by atoms with E-state index in [9.17, 15) is 10.1 Å². The van der Waals surface area contributed by atoms with Gasteiger partial charge in [0, 0.05) is 6.54 Å². The highest BCUT2D eigenvalue weighted by Crippen LogP contribution is 2.33.